The first-order valence-electron chi connectivity index (χ1n) is 13.1. The number of hydrogen-bond acceptors (Lipinski definition) is 6. The van der Waals surface area contributed by atoms with Crippen LogP contribution in [-0.4, -0.2) is 82.5 Å². The van der Waals surface area contributed by atoms with E-state index in [4.69, 9.17) is 4.74 Å². The molecular weight excluding hydrogens is 492 g/mol. The number of hydrogen-bond donors (Lipinski definition) is 3. The van der Waals surface area contributed by atoms with E-state index in [-0.39, 0.29) is 25.6 Å². The van der Waals surface area contributed by atoms with Crippen LogP contribution in [0.3, 0.4) is 0 Å². The lowest BCUT2D eigenvalue weighted by molar-refractivity contribution is -0.149. The Balaban J connectivity index is 2.03. The Hall–Kier alpha value is -3.63. The van der Waals surface area contributed by atoms with Gasteiger partial charge in [0.1, 0.15) is 31.3 Å². The van der Waals surface area contributed by atoms with Crippen LogP contribution < -0.4 is 10.6 Å². The van der Waals surface area contributed by atoms with Crippen molar-refractivity contribution in [1.82, 2.24) is 20.4 Å². The van der Waals surface area contributed by atoms with Gasteiger partial charge in [-0.25, -0.2) is 9.59 Å². The molecular formula is C27H40N4O7. The molecule has 1 aliphatic rings. The zero-order valence-corrected chi connectivity index (χ0v) is 22.6. The minimum Gasteiger partial charge on any atom is -0.480 e. The van der Waals surface area contributed by atoms with Crippen molar-refractivity contribution in [3.63, 3.8) is 0 Å². The Kier molecular flexibility index (Phi) is 12.0. The largest absolute Gasteiger partial charge is 0.480 e. The van der Waals surface area contributed by atoms with E-state index in [1.54, 1.807) is 0 Å². The zero-order valence-electron chi connectivity index (χ0n) is 22.6. The quantitative estimate of drug-likeness (QED) is 0.353. The van der Waals surface area contributed by atoms with E-state index in [0.717, 1.165) is 5.56 Å². The summed E-state index contributed by atoms with van der Waals surface area (Å²) in [6, 6.07) is 6.40. The average molecular weight is 533 g/mol. The molecule has 2 rings (SSSR count). The number of amides is 4. The molecule has 0 aliphatic carbocycles. The lowest BCUT2D eigenvalue weighted by Gasteiger charge is -2.33. The summed E-state index contributed by atoms with van der Waals surface area (Å²) in [5.41, 5.74) is 0.808. The molecule has 0 aromatic heterocycles. The van der Waals surface area contributed by atoms with Crippen molar-refractivity contribution in [2.45, 2.75) is 78.1 Å². The molecule has 0 bridgehead atoms. The van der Waals surface area contributed by atoms with Crippen molar-refractivity contribution >= 4 is 29.8 Å². The first-order chi connectivity index (χ1) is 18.0. The van der Waals surface area contributed by atoms with E-state index < -0.39 is 47.9 Å². The molecule has 3 atom stereocenters. The molecule has 0 radical (unpaired) electrons. The highest BCUT2D eigenvalue weighted by Crippen LogP contribution is 2.19. The summed E-state index contributed by atoms with van der Waals surface area (Å²) in [6.07, 6.45) is 1.13. The van der Waals surface area contributed by atoms with Crippen molar-refractivity contribution in [3.05, 3.63) is 35.9 Å². The lowest BCUT2D eigenvalue weighted by Crippen LogP contribution is -2.57. The summed E-state index contributed by atoms with van der Waals surface area (Å²) in [5.74, 6) is -2.43. The van der Waals surface area contributed by atoms with Gasteiger partial charge < -0.3 is 30.3 Å². The van der Waals surface area contributed by atoms with Crippen LogP contribution in [0.1, 0.15) is 58.9 Å². The van der Waals surface area contributed by atoms with Gasteiger partial charge in [0.25, 0.3) is 0 Å². The van der Waals surface area contributed by atoms with Crippen LogP contribution in [0.4, 0.5) is 4.79 Å². The number of nitrogens with zero attached hydrogens (tertiary/aromatic N) is 2. The van der Waals surface area contributed by atoms with E-state index in [2.05, 4.69) is 10.6 Å². The average Bonchev–Trinajstić information content (AvgIpc) is 3.38. The van der Waals surface area contributed by atoms with Crippen molar-refractivity contribution in [2.75, 3.05) is 19.6 Å². The summed E-state index contributed by atoms with van der Waals surface area (Å²) in [7, 11) is 0. The van der Waals surface area contributed by atoms with Gasteiger partial charge in [-0.15, -0.1) is 0 Å². The lowest BCUT2D eigenvalue weighted by atomic mass is 10.0. The van der Waals surface area contributed by atoms with Crippen LogP contribution in [0.5, 0.6) is 0 Å². The molecule has 11 heteroatoms. The first kappa shape index (κ1) is 30.6. The van der Waals surface area contributed by atoms with E-state index in [1.165, 1.54) is 16.7 Å². The molecule has 210 valence electrons. The fraction of sp³-hybridized carbons (Fsp3) is 0.593. The first-order valence-corrected chi connectivity index (χ1v) is 13.1. The number of likely N-dealkylation sites (tertiary alicyclic amines) is 1. The third-order valence-electron chi connectivity index (χ3n) is 6.31. The summed E-state index contributed by atoms with van der Waals surface area (Å²) >= 11 is 0. The summed E-state index contributed by atoms with van der Waals surface area (Å²) < 4.78 is 5.16. The molecule has 1 saturated heterocycles. The van der Waals surface area contributed by atoms with Gasteiger partial charge in [0.2, 0.25) is 17.7 Å². The minimum atomic E-state index is -1.07. The molecule has 0 unspecified atom stereocenters. The van der Waals surface area contributed by atoms with Gasteiger partial charge in [-0.2, -0.15) is 0 Å². The van der Waals surface area contributed by atoms with Crippen LogP contribution in [0, 0.1) is 5.92 Å². The molecule has 0 saturated carbocycles. The maximum absolute atomic E-state index is 13.3. The molecule has 1 aromatic carbocycles. The fourth-order valence-corrected chi connectivity index (χ4v) is 4.45. The van der Waals surface area contributed by atoms with Gasteiger partial charge in [0.15, 0.2) is 0 Å². The van der Waals surface area contributed by atoms with Crippen LogP contribution in [0.15, 0.2) is 30.3 Å². The van der Waals surface area contributed by atoms with E-state index in [0.29, 0.717) is 32.2 Å². The number of nitrogens with one attached hydrogen (secondary N) is 2. The van der Waals surface area contributed by atoms with Crippen molar-refractivity contribution in [3.8, 4) is 0 Å². The minimum absolute atomic E-state index is 0.0580. The Morgan fingerprint density at radius 1 is 1.13 bits per heavy atom. The topological polar surface area (TPSA) is 145 Å². The monoisotopic (exact) mass is 532 g/mol. The second-order valence-corrected chi connectivity index (χ2v) is 9.91. The molecule has 1 aliphatic heterocycles. The summed E-state index contributed by atoms with van der Waals surface area (Å²) in [6.45, 7) is 7.53. The van der Waals surface area contributed by atoms with Crippen LogP contribution >= 0.6 is 0 Å². The van der Waals surface area contributed by atoms with Crippen LogP contribution in [0.2, 0.25) is 0 Å². The third-order valence-corrected chi connectivity index (χ3v) is 6.31. The highest BCUT2D eigenvalue weighted by atomic mass is 16.5. The number of benzene rings is 1. The van der Waals surface area contributed by atoms with Gasteiger partial charge in [0, 0.05) is 13.1 Å². The number of carboxylic acid groups (broad SMARTS) is 1. The van der Waals surface area contributed by atoms with Crippen molar-refractivity contribution < 1.29 is 33.8 Å². The predicted octanol–water partition coefficient (Wildman–Crippen LogP) is 2.15. The third kappa shape index (κ3) is 9.04. The van der Waals surface area contributed by atoms with Gasteiger partial charge in [0.05, 0.1) is 0 Å². The maximum atomic E-state index is 13.3. The highest BCUT2D eigenvalue weighted by Gasteiger charge is 2.37. The summed E-state index contributed by atoms with van der Waals surface area (Å²) in [4.78, 5) is 65.7. The predicted molar refractivity (Wildman–Crippen MR) is 140 cm³/mol. The molecule has 4 amide bonds. The number of carbonyl (C=O) groups excluding carboxylic acids is 4. The number of carboxylic acids is 1. The van der Waals surface area contributed by atoms with Gasteiger partial charge in [-0.05, 0) is 44.1 Å². The molecule has 1 heterocycles. The second kappa shape index (κ2) is 14.9. The molecule has 1 fully saturated rings. The zero-order chi connectivity index (χ0) is 28.2. The van der Waals surface area contributed by atoms with Crippen LogP contribution in [-0.2, 0) is 30.5 Å². The smallest absolute Gasteiger partial charge is 0.407 e. The number of aliphatic carboxylic acids is 1. The molecule has 3 N–H and O–H groups in total. The molecule has 1 aromatic rings. The molecule has 38 heavy (non-hydrogen) atoms. The van der Waals surface area contributed by atoms with E-state index in [9.17, 15) is 29.1 Å². The Morgan fingerprint density at radius 3 is 2.42 bits per heavy atom. The van der Waals surface area contributed by atoms with E-state index >= 15 is 0 Å². The number of rotatable bonds is 13. The van der Waals surface area contributed by atoms with Crippen LogP contribution in [0.25, 0.3) is 0 Å². The SMILES string of the molecule is CCCN(C(=O)CNC(=O)OCc1ccccc1)[C@@H](CC(C)C)C(=O)N[C@@H](C)C(=O)N1CCC[C@H]1C(=O)O. The van der Waals surface area contributed by atoms with E-state index in [1.807, 2.05) is 51.1 Å². The normalized spacial score (nSPS) is 16.4. The highest BCUT2D eigenvalue weighted by molar-refractivity contribution is 5.94. The van der Waals surface area contributed by atoms with Crippen molar-refractivity contribution in [2.24, 2.45) is 5.92 Å². The van der Waals surface area contributed by atoms with Gasteiger partial charge >= 0.3 is 12.1 Å². The summed E-state index contributed by atoms with van der Waals surface area (Å²) in [5, 5.41) is 14.5. The Bertz CT molecular complexity index is 969. The number of ether oxygens (including phenoxy) is 1. The fourth-order valence-electron chi connectivity index (χ4n) is 4.45. The molecule has 0 spiro atoms. The number of carbonyl (C=O) groups is 5. The maximum Gasteiger partial charge on any atom is 0.407 e. The van der Waals surface area contributed by atoms with Gasteiger partial charge in [-0.1, -0.05) is 51.1 Å². The second-order valence-electron chi connectivity index (χ2n) is 9.91. The Morgan fingerprint density at radius 2 is 1.82 bits per heavy atom. The van der Waals surface area contributed by atoms with Crippen molar-refractivity contribution in [1.29, 1.82) is 0 Å². The van der Waals surface area contributed by atoms with Gasteiger partial charge in [-0.3, -0.25) is 14.4 Å². The standard InChI is InChI=1S/C27H40N4O7/c1-5-13-30(23(32)16-28-27(37)38-17-20-10-7-6-8-11-20)22(15-18(2)3)24(33)29-19(4)25(34)31-14-9-12-21(31)26(35)36/h6-8,10-11,18-19,21-22H,5,9,12-17H2,1-4H3,(H,28,37)(H,29,33)(H,35,36)/t19-,21-,22-/m0/s1. The molecule has 11 nitrogen and oxygen atoms in total. The number of alkyl carbamates (subject to hydrolysis) is 1. The Labute approximate surface area is 223 Å².